The summed E-state index contributed by atoms with van der Waals surface area (Å²) in [5, 5.41) is 12.6. The molecule has 44 heavy (non-hydrogen) atoms. The van der Waals surface area contributed by atoms with E-state index in [1.807, 2.05) is 73.7 Å². The molecule has 0 aliphatic heterocycles. The third-order valence-corrected chi connectivity index (χ3v) is 8.99. The zero-order chi connectivity index (χ0) is 30.3. The van der Waals surface area contributed by atoms with Crippen molar-refractivity contribution in [2.45, 2.75) is 58.0 Å². The van der Waals surface area contributed by atoms with Crippen LogP contribution in [0.5, 0.6) is 0 Å². The smallest absolute Gasteiger partial charge is 0.251 e. The van der Waals surface area contributed by atoms with Gasteiger partial charge in [0.2, 0.25) is 0 Å². The van der Waals surface area contributed by atoms with Gasteiger partial charge in [-0.1, -0.05) is 109 Å². The number of rotatable bonds is 6. The van der Waals surface area contributed by atoms with Gasteiger partial charge < -0.3 is 10.6 Å². The topological polar surface area (TPSA) is 41.1 Å². The van der Waals surface area contributed by atoms with Gasteiger partial charge in [0.05, 0.1) is 11.1 Å². The Balaban J connectivity index is 0.000000513. The van der Waals surface area contributed by atoms with Crippen LogP contribution in [0.2, 0.25) is 5.02 Å². The highest BCUT2D eigenvalue weighted by Gasteiger charge is 2.17. The van der Waals surface area contributed by atoms with Gasteiger partial charge in [0, 0.05) is 29.4 Å². The summed E-state index contributed by atoms with van der Waals surface area (Å²) in [6, 6.07) is 28.6. The second-order valence-corrected chi connectivity index (χ2v) is 12.1. The van der Waals surface area contributed by atoms with Crippen LogP contribution in [0.1, 0.15) is 71.3 Å². The van der Waals surface area contributed by atoms with Gasteiger partial charge in [0.1, 0.15) is 0 Å². The van der Waals surface area contributed by atoms with Gasteiger partial charge in [0.25, 0.3) is 5.91 Å². The van der Waals surface area contributed by atoms with Crippen LogP contribution in [0, 0.1) is 10.4 Å². The first-order chi connectivity index (χ1) is 21.6. The second kappa shape index (κ2) is 14.0. The Morgan fingerprint density at radius 3 is 2.32 bits per heavy atom. The Bertz CT molecular complexity index is 1910. The summed E-state index contributed by atoms with van der Waals surface area (Å²) in [5.41, 5.74) is 6.94. The lowest BCUT2D eigenvalue weighted by molar-refractivity contribution is 0.0940. The van der Waals surface area contributed by atoms with E-state index in [-0.39, 0.29) is 11.9 Å². The van der Waals surface area contributed by atoms with E-state index < -0.39 is 0 Å². The Morgan fingerprint density at radius 2 is 1.59 bits per heavy atom. The number of hydrogen-bond donors (Lipinski definition) is 2. The van der Waals surface area contributed by atoms with Crippen molar-refractivity contribution in [1.82, 2.24) is 10.6 Å². The number of allylic oxidation sites excluding steroid dienone is 4. The molecule has 1 unspecified atom stereocenters. The van der Waals surface area contributed by atoms with E-state index in [1.165, 1.54) is 46.0 Å². The molecule has 7 rings (SSSR count). The average molecular weight is 599 g/mol. The summed E-state index contributed by atoms with van der Waals surface area (Å²) in [7, 11) is 0. The van der Waals surface area contributed by atoms with Gasteiger partial charge >= 0.3 is 0 Å². The molecule has 3 aliphatic rings. The largest absolute Gasteiger partial charge is 0.383 e. The highest BCUT2D eigenvalue weighted by molar-refractivity contribution is 6.30. The average Bonchev–Trinajstić information content (AvgIpc) is 3.08. The van der Waals surface area contributed by atoms with E-state index in [9.17, 15) is 4.79 Å². The normalized spacial score (nSPS) is 15.0. The van der Waals surface area contributed by atoms with Gasteiger partial charge in [-0.15, -0.1) is 0 Å². The van der Waals surface area contributed by atoms with Gasteiger partial charge in [-0.3, -0.25) is 4.79 Å². The molecule has 222 valence electrons. The minimum absolute atomic E-state index is 0.0521. The molecular formula is C40H39ClN2O. The Hall–Kier alpha value is -4.34. The molecule has 2 N–H and O–H groups in total. The fourth-order valence-electron chi connectivity index (χ4n) is 6.29. The quantitative estimate of drug-likeness (QED) is 0.240. The standard InChI is InChI=1S/C34H31ClN2O.C6H8/c1-22(24-8-3-2-4-9-24)37-34(38)26-16-14-23(15-17-26)21-36-32-20-30-27-11-6-5-10-25(27)18-19-28(30)29-12-7-13-31(35)33(29)32;1-2-4-6-5-3-1/h2-4,7-10,12-19,22,36H,5-6,11,20-21H2,1H3,(H,37,38);1-4H,5-6H2. The molecule has 0 bridgehead atoms. The zero-order valence-corrected chi connectivity index (χ0v) is 26.0. The maximum atomic E-state index is 12.8. The van der Waals surface area contributed by atoms with Crippen molar-refractivity contribution < 1.29 is 4.79 Å². The lowest BCUT2D eigenvalue weighted by atomic mass is 9.87. The molecule has 0 radical (unpaired) electrons. The minimum Gasteiger partial charge on any atom is -0.383 e. The molecule has 0 aromatic heterocycles. The predicted molar refractivity (Wildman–Crippen MR) is 182 cm³/mol. The van der Waals surface area contributed by atoms with Crippen molar-refractivity contribution in [3.8, 4) is 0 Å². The highest BCUT2D eigenvalue weighted by Crippen LogP contribution is 2.22. The van der Waals surface area contributed by atoms with Crippen molar-refractivity contribution in [3.05, 3.63) is 163 Å². The molecule has 0 saturated heterocycles. The fraction of sp³-hybridized carbons (Fsp3) is 0.225. The maximum Gasteiger partial charge on any atom is 0.251 e. The molecule has 4 aromatic rings. The Morgan fingerprint density at radius 1 is 0.818 bits per heavy atom. The first-order valence-electron chi connectivity index (χ1n) is 15.7. The number of halogens is 1. The third-order valence-electron chi connectivity index (χ3n) is 8.67. The molecule has 0 saturated carbocycles. The minimum atomic E-state index is -0.0681. The Labute approximate surface area is 265 Å². The van der Waals surface area contributed by atoms with Crippen LogP contribution >= 0.6 is 11.6 Å². The molecule has 0 spiro atoms. The highest BCUT2D eigenvalue weighted by atomic mass is 35.5. The number of carbonyl (C=O) groups is 1. The van der Waals surface area contributed by atoms with E-state index in [1.54, 1.807) is 0 Å². The fourth-order valence-corrected chi connectivity index (χ4v) is 6.58. The molecule has 4 heteroatoms. The SMILES string of the molecule is C1=CCCC=C1.CC(NC(=O)c1ccc(CNC2=c3c(Cl)cccc3=c3ccc4c(c3C2)CCCC=4)cc1)c1ccccc1. The van der Waals surface area contributed by atoms with Gasteiger partial charge in [-0.05, 0) is 95.1 Å². The van der Waals surface area contributed by atoms with E-state index in [0.29, 0.717) is 12.1 Å². The molecule has 4 aromatic carbocycles. The van der Waals surface area contributed by atoms with Gasteiger partial charge in [-0.25, -0.2) is 0 Å². The molecule has 1 amide bonds. The van der Waals surface area contributed by atoms with Crippen LogP contribution in [0.3, 0.4) is 0 Å². The zero-order valence-electron chi connectivity index (χ0n) is 25.3. The van der Waals surface area contributed by atoms with E-state index >= 15 is 0 Å². The molecule has 0 fully saturated rings. The van der Waals surface area contributed by atoms with Crippen molar-refractivity contribution in [3.63, 3.8) is 0 Å². The second-order valence-electron chi connectivity index (χ2n) is 11.7. The van der Waals surface area contributed by atoms with E-state index in [2.05, 4.69) is 59.2 Å². The number of fused-ring (bicyclic) bond motifs is 4. The van der Waals surface area contributed by atoms with Gasteiger partial charge in [0.15, 0.2) is 0 Å². The summed E-state index contributed by atoms with van der Waals surface area (Å²) < 4.78 is 0. The molecule has 1 atom stereocenters. The number of nitrogens with one attached hydrogen (secondary N) is 2. The van der Waals surface area contributed by atoms with Crippen LogP contribution in [-0.4, -0.2) is 5.91 Å². The first-order valence-corrected chi connectivity index (χ1v) is 16.1. The summed E-state index contributed by atoms with van der Waals surface area (Å²) >= 11 is 6.76. The predicted octanol–water partition coefficient (Wildman–Crippen LogP) is 7.58. The first kappa shape index (κ1) is 29.7. The van der Waals surface area contributed by atoms with Crippen LogP contribution < -0.4 is 21.1 Å². The summed E-state index contributed by atoms with van der Waals surface area (Å²) in [5.74, 6) is -0.0681. The van der Waals surface area contributed by atoms with E-state index in [4.69, 9.17) is 11.6 Å². The number of carbonyl (C=O) groups excluding carboxylic acids is 1. The van der Waals surface area contributed by atoms with Crippen LogP contribution in [0.25, 0.3) is 11.8 Å². The van der Waals surface area contributed by atoms with Crippen molar-refractivity contribution in [1.29, 1.82) is 0 Å². The van der Waals surface area contributed by atoms with Crippen molar-refractivity contribution >= 4 is 29.3 Å². The lowest BCUT2D eigenvalue weighted by Crippen LogP contribution is -2.29. The van der Waals surface area contributed by atoms with Crippen LogP contribution in [-0.2, 0) is 19.4 Å². The third kappa shape index (κ3) is 6.74. The number of amides is 1. The lowest BCUT2D eigenvalue weighted by Gasteiger charge is -2.21. The summed E-state index contributed by atoms with van der Waals surface area (Å²) in [6.07, 6.45) is 17.7. The molecular weight excluding hydrogens is 560 g/mol. The molecule has 3 aliphatic carbocycles. The Kier molecular flexibility index (Phi) is 9.43. The van der Waals surface area contributed by atoms with E-state index in [0.717, 1.165) is 46.3 Å². The molecule has 0 heterocycles. The number of hydrogen-bond acceptors (Lipinski definition) is 2. The maximum absolute atomic E-state index is 12.8. The molecule has 3 nitrogen and oxygen atoms in total. The van der Waals surface area contributed by atoms with Crippen molar-refractivity contribution in [2.75, 3.05) is 0 Å². The summed E-state index contributed by atoms with van der Waals surface area (Å²) in [6.45, 7) is 2.67. The van der Waals surface area contributed by atoms with Crippen LogP contribution in [0.4, 0.5) is 0 Å². The monoisotopic (exact) mass is 598 g/mol. The summed E-state index contributed by atoms with van der Waals surface area (Å²) in [4.78, 5) is 12.8. The van der Waals surface area contributed by atoms with Crippen LogP contribution in [0.15, 0.2) is 109 Å². The van der Waals surface area contributed by atoms with Crippen molar-refractivity contribution in [2.24, 2.45) is 0 Å². The number of benzene rings is 4. The van der Waals surface area contributed by atoms with Gasteiger partial charge in [-0.2, -0.15) is 0 Å².